The maximum absolute atomic E-state index is 8.58. The van der Waals surface area contributed by atoms with Crippen LogP contribution < -0.4 is 5.73 Å². The van der Waals surface area contributed by atoms with Crippen LogP contribution in [0.1, 0.15) is 36.1 Å². The summed E-state index contributed by atoms with van der Waals surface area (Å²) < 4.78 is 1.35. The number of nitrogens with zero attached hydrogens (tertiary/aromatic N) is 2. The molecule has 1 saturated carbocycles. The Kier molecular flexibility index (Phi) is 11.2. The number of thiophene rings is 1. The molecule has 1 aliphatic rings. The lowest BCUT2D eigenvalue weighted by atomic mass is 10.2. The molecule has 4 nitrogen and oxygen atoms in total. The van der Waals surface area contributed by atoms with Gasteiger partial charge in [-0.05, 0) is 55.2 Å². The van der Waals surface area contributed by atoms with Gasteiger partial charge in [0.25, 0.3) is 0 Å². The Bertz CT molecular complexity index is 601. The highest BCUT2D eigenvalue weighted by molar-refractivity contribution is 7.97. The lowest BCUT2D eigenvalue weighted by molar-refractivity contribution is -0.106. The molecule has 2 heterocycles. The molecule has 1 aliphatic carbocycles. The number of primary amides is 1. The minimum Gasteiger partial charge on any atom is -0.372 e. The molecule has 120 valence electrons. The predicted octanol–water partition coefficient (Wildman–Crippen LogP) is 4.09. The first-order valence-electron chi connectivity index (χ1n) is 6.79. The molecule has 2 aromatic heterocycles. The predicted molar refractivity (Wildman–Crippen MR) is 97.3 cm³/mol. The van der Waals surface area contributed by atoms with E-state index in [1.54, 1.807) is 22.7 Å². The molecule has 3 rings (SSSR count). The number of nitriles is 1. The molecule has 0 radical (unpaired) electrons. The van der Waals surface area contributed by atoms with Gasteiger partial charge in [-0.2, -0.15) is 17.0 Å². The number of amides is 1. The highest BCUT2D eigenvalue weighted by atomic mass is 32.2. The molecule has 1 fully saturated rings. The third-order valence-electron chi connectivity index (χ3n) is 2.64. The SMILES string of the molecule is CC#N.CSC.Cc1cncc2sc(C3CC3)cc12.NC=O. The number of thioether (sulfide) groups is 1. The van der Waals surface area contributed by atoms with Crippen LogP contribution in [0.25, 0.3) is 10.1 Å². The van der Waals surface area contributed by atoms with E-state index in [2.05, 4.69) is 23.7 Å². The molecular weight excluding hydrogens is 314 g/mol. The maximum Gasteiger partial charge on any atom is 0.204 e. The highest BCUT2D eigenvalue weighted by Crippen LogP contribution is 2.45. The van der Waals surface area contributed by atoms with Gasteiger partial charge in [0.2, 0.25) is 6.41 Å². The molecule has 22 heavy (non-hydrogen) atoms. The van der Waals surface area contributed by atoms with Gasteiger partial charge in [-0.1, -0.05) is 0 Å². The molecule has 0 atom stereocenters. The molecule has 2 N–H and O–H groups in total. The second-order valence-electron chi connectivity index (χ2n) is 4.56. The fraction of sp³-hybridized carbons (Fsp3) is 0.438. The fourth-order valence-electron chi connectivity index (χ4n) is 1.68. The maximum atomic E-state index is 8.58. The highest BCUT2D eigenvalue weighted by Gasteiger charge is 2.25. The zero-order valence-corrected chi connectivity index (χ0v) is 15.1. The number of aromatic nitrogens is 1. The van der Waals surface area contributed by atoms with Gasteiger partial charge >= 0.3 is 0 Å². The number of carbonyl (C=O) groups excluding carboxylic acids is 1. The molecule has 6 heteroatoms. The van der Waals surface area contributed by atoms with Crippen LogP contribution in [0.15, 0.2) is 18.5 Å². The molecule has 1 amide bonds. The Hall–Kier alpha value is -1.58. The van der Waals surface area contributed by atoms with Crippen molar-refractivity contribution in [3.05, 3.63) is 28.9 Å². The number of carbonyl (C=O) groups is 1. The zero-order chi connectivity index (χ0) is 17.0. The van der Waals surface area contributed by atoms with E-state index >= 15 is 0 Å². The van der Waals surface area contributed by atoms with E-state index in [-0.39, 0.29) is 6.41 Å². The van der Waals surface area contributed by atoms with Crippen molar-refractivity contribution in [2.75, 3.05) is 12.5 Å². The number of pyridine rings is 1. The molecule has 0 bridgehead atoms. The van der Waals surface area contributed by atoms with E-state index < -0.39 is 0 Å². The number of aryl methyl sites for hydroxylation is 1. The van der Waals surface area contributed by atoms with Crippen molar-refractivity contribution in [2.45, 2.75) is 32.6 Å². The van der Waals surface area contributed by atoms with Crippen LogP contribution in [-0.2, 0) is 4.79 Å². The molecule has 0 spiro atoms. The lowest BCUT2D eigenvalue weighted by Gasteiger charge is -1.91. The lowest BCUT2D eigenvalue weighted by Crippen LogP contribution is -1.82. The molecular formula is C16H23N3OS2. The monoisotopic (exact) mass is 337 g/mol. The van der Waals surface area contributed by atoms with Crippen molar-refractivity contribution in [3.63, 3.8) is 0 Å². The van der Waals surface area contributed by atoms with Gasteiger partial charge in [0.1, 0.15) is 0 Å². The van der Waals surface area contributed by atoms with Crippen LogP contribution in [0.5, 0.6) is 0 Å². The van der Waals surface area contributed by atoms with Gasteiger partial charge < -0.3 is 5.73 Å². The summed E-state index contributed by atoms with van der Waals surface area (Å²) in [5, 5.41) is 8.72. The van der Waals surface area contributed by atoms with E-state index in [4.69, 9.17) is 10.1 Å². The van der Waals surface area contributed by atoms with Crippen molar-refractivity contribution in [2.24, 2.45) is 5.73 Å². The minimum absolute atomic E-state index is 0.250. The van der Waals surface area contributed by atoms with Crippen LogP contribution >= 0.6 is 23.1 Å². The smallest absolute Gasteiger partial charge is 0.204 e. The average Bonchev–Trinajstić information content (AvgIpc) is 3.22. The van der Waals surface area contributed by atoms with Gasteiger partial charge in [0.15, 0.2) is 0 Å². The molecule has 2 aromatic rings. The Morgan fingerprint density at radius 1 is 1.45 bits per heavy atom. The van der Waals surface area contributed by atoms with Crippen LogP contribution in [0.2, 0.25) is 0 Å². The van der Waals surface area contributed by atoms with Gasteiger partial charge in [-0.25, -0.2) is 0 Å². The molecule has 0 saturated heterocycles. The largest absolute Gasteiger partial charge is 0.372 e. The summed E-state index contributed by atoms with van der Waals surface area (Å²) in [5.41, 5.74) is 5.47. The fourth-order valence-corrected chi connectivity index (χ4v) is 2.96. The number of rotatable bonds is 1. The first kappa shape index (κ1) is 20.4. The van der Waals surface area contributed by atoms with Gasteiger partial charge in [0.05, 0.1) is 10.8 Å². The Morgan fingerprint density at radius 3 is 2.36 bits per heavy atom. The number of hydrogen-bond acceptors (Lipinski definition) is 5. The second kappa shape index (κ2) is 12.0. The average molecular weight is 338 g/mol. The van der Waals surface area contributed by atoms with E-state index in [0.29, 0.717) is 0 Å². The minimum atomic E-state index is 0.250. The summed E-state index contributed by atoms with van der Waals surface area (Å²) in [5.74, 6) is 0.872. The second-order valence-corrected chi connectivity index (χ2v) is 6.49. The third-order valence-corrected chi connectivity index (χ3v) is 3.88. The number of fused-ring (bicyclic) bond motifs is 1. The van der Waals surface area contributed by atoms with E-state index in [1.165, 1.54) is 35.4 Å². The Labute approximate surface area is 140 Å². The van der Waals surface area contributed by atoms with E-state index in [0.717, 1.165) is 5.92 Å². The quantitative estimate of drug-likeness (QED) is 0.795. The summed E-state index contributed by atoms with van der Waals surface area (Å²) in [7, 11) is 0. The topological polar surface area (TPSA) is 79.8 Å². The van der Waals surface area contributed by atoms with Crippen molar-refractivity contribution in [1.82, 2.24) is 4.98 Å². The summed E-state index contributed by atoms with van der Waals surface area (Å²) in [6.45, 7) is 3.57. The van der Waals surface area contributed by atoms with Crippen molar-refractivity contribution in [1.29, 1.82) is 5.26 Å². The third kappa shape index (κ3) is 7.43. The molecule has 0 aromatic carbocycles. The van der Waals surface area contributed by atoms with Crippen molar-refractivity contribution >= 4 is 39.6 Å². The molecule has 0 unspecified atom stereocenters. The van der Waals surface area contributed by atoms with Gasteiger partial charge in [-0.15, -0.1) is 11.3 Å². The van der Waals surface area contributed by atoms with Crippen LogP contribution in [0.3, 0.4) is 0 Å². The van der Waals surface area contributed by atoms with Crippen LogP contribution in [0.4, 0.5) is 0 Å². The van der Waals surface area contributed by atoms with Gasteiger partial charge in [-0.3, -0.25) is 9.78 Å². The number of hydrogen-bond donors (Lipinski definition) is 1. The van der Waals surface area contributed by atoms with Crippen LogP contribution in [0, 0.1) is 18.3 Å². The first-order valence-corrected chi connectivity index (χ1v) is 9.24. The standard InChI is InChI=1S/C11H11NS.C2H3N.C2H6S.CH3NO/c1-7-5-12-6-11-9(7)4-10(13-11)8-2-3-8;1-2-3;1-3-2;2-1-3/h4-6,8H,2-3H2,1H3;1H3;1-2H3;1H,(H2,2,3). The van der Waals surface area contributed by atoms with E-state index in [1.807, 2.05) is 36.2 Å². The Balaban J connectivity index is 0.000000416. The summed E-state index contributed by atoms with van der Waals surface area (Å²) in [6.07, 6.45) is 11.0. The summed E-state index contributed by atoms with van der Waals surface area (Å²) in [6, 6.07) is 4.11. The number of nitrogens with two attached hydrogens (primary N) is 1. The normalized spacial score (nSPS) is 11.6. The van der Waals surface area contributed by atoms with Gasteiger partial charge in [0, 0.05) is 24.2 Å². The van der Waals surface area contributed by atoms with Crippen molar-refractivity contribution < 1.29 is 4.79 Å². The Morgan fingerprint density at radius 2 is 1.95 bits per heavy atom. The first-order chi connectivity index (χ1) is 10.6. The van der Waals surface area contributed by atoms with Crippen molar-refractivity contribution in [3.8, 4) is 6.07 Å². The molecule has 0 aliphatic heterocycles. The summed E-state index contributed by atoms with van der Waals surface area (Å²) in [4.78, 5) is 14.4. The van der Waals surface area contributed by atoms with E-state index in [9.17, 15) is 0 Å². The zero-order valence-electron chi connectivity index (χ0n) is 13.5. The summed E-state index contributed by atoms with van der Waals surface area (Å²) >= 11 is 3.67. The van der Waals surface area contributed by atoms with Crippen LogP contribution in [-0.4, -0.2) is 23.9 Å².